The van der Waals surface area contributed by atoms with Gasteiger partial charge in [-0.25, -0.2) is 9.18 Å². The summed E-state index contributed by atoms with van der Waals surface area (Å²) in [6.45, 7) is 1.20. The maximum Gasteiger partial charge on any atom is 0.318 e. The van der Waals surface area contributed by atoms with Crippen LogP contribution in [0.2, 0.25) is 0 Å². The van der Waals surface area contributed by atoms with Crippen LogP contribution in [0.1, 0.15) is 28.8 Å². The van der Waals surface area contributed by atoms with Crippen LogP contribution in [0.25, 0.3) is 0 Å². The number of primary amides is 1. The first kappa shape index (κ1) is 19.3. The molecule has 1 aliphatic heterocycles. The third kappa shape index (κ3) is 4.64. The molecule has 2 aromatic rings. The Balaban J connectivity index is 1.73. The molecular formula is C20H21FN4O3. The molecule has 28 heavy (non-hydrogen) atoms. The van der Waals surface area contributed by atoms with Crippen molar-refractivity contribution in [3.05, 3.63) is 59.4 Å². The molecule has 0 aromatic heterocycles. The van der Waals surface area contributed by atoms with Crippen LogP contribution in [-0.2, 0) is 11.2 Å². The van der Waals surface area contributed by atoms with Gasteiger partial charge in [0.15, 0.2) is 0 Å². The smallest absolute Gasteiger partial charge is 0.318 e. The fourth-order valence-electron chi connectivity index (χ4n) is 3.28. The number of anilines is 2. The van der Waals surface area contributed by atoms with Gasteiger partial charge >= 0.3 is 6.03 Å². The minimum absolute atomic E-state index is 0.133. The van der Waals surface area contributed by atoms with E-state index in [1.54, 1.807) is 0 Å². The molecule has 1 heterocycles. The summed E-state index contributed by atoms with van der Waals surface area (Å²) in [5, 5.41) is 4.94. The van der Waals surface area contributed by atoms with Crippen molar-refractivity contribution >= 4 is 29.2 Å². The molecular weight excluding hydrogens is 363 g/mol. The second-order valence-electron chi connectivity index (χ2n) is 6.52. The van der Waals surface area contributed by atoms with Crippen molar-refractivity contribution < 1.29 is 18.8 Å². The van der Waals surface area contributed by atoms with E-state index in [1.807, 2.05) is 23.1 Å². The molecule has 0 unspecified atom stereocenters. The number of carbonyl (C=O) groups is 3. The Hall–Kier alpha value is -3.42. The maximum atomic E-state index is 13.1. The zero-order valence-corrected chi connectivity index (χ0v) is 15.2. The summed E-state index contributed by atoms with van der Waals surface area (Å²) in [4.78, 5) is 37.0. The number of hydrogen-bond acceptors (Lipinski definition) is 4. The highest BCUT2D eigenvalue weighted by Gasteiger charge is 2.21. The number of hydrogen-bond donors (Lipinski definition) is 3. The Kier molecular flexibility index (Phi) is 5.88. The number of halogens is 1. The number of nitrogens with one attached hydrogen (secondary N) is 2. The van der Waals surface area contributed by atoms with Crippen molar-refractivity contribution in [2.24, 2.45) is 5.73 Å². The van der Waals surface area contributed by atoms with E-state index in [9.17, 15) is 18.8 Å². The van der Waals surface area contributed by atoms with Gasteiger partial charge in [0, 0.05) is 36.4 Å². The Morgan fingerprint density at radius 2 is 1.86 bits per heavy atom. The van der Waals surface area contributed by atoms with Crippen LogP contribution in [0.5, 0.6) is 0 Å². The van der Waals surface area contributed by atoms with Crippen LogP contribution >= 0.6 is 0 Å². The van der Waals surface area contributed by atoms with Gasteiger partial charge in [-0.15, -0.1) is 0 Å². The second-order valence-corrected chi connectivity index (χ2v) is 6.52. The first-order chi connectivity index (χ1) is 13.4. The molecule has 0 fully saturated rings. The number of rotatable bonds is 5. The molecule has 0 saturated heterocycles. The molecule has 7 nitrogen and oxygen atoms in total. The third-order valence-corrected chi connectivity index (χ3v) is 4.57. The topological polar surface area (TPSA) is 105 Å². The molecule has 0 radical (unpaired) electrons. The first-order valence-electron chi connectivity index (χ1n) is 8.97. The monoisotopic (exact) mass is 384 g/mol. The van der Waals surface area contributed by atoms with Crippen LogP contribution in [0, 0.1) is 5.82 Å². The number of carbonyl (C=O) groups excluding carboxylic acids is 3. The first-order valence-corrected chi connectivity index (χ1v) is 8.97. The summed E-state index contributed by atoms with van der Waals surface area (Å²) in [6, 6.07) is 10.1. The van der Waals surface area contributed by atoms with Crippen molar-refractivity contribution in [3.8, 4) is 0 Å². The van der Waals surface area contributed by atoms with Crippen LogP contribution in [0.4, 0.5) is 20.6 Å². The van der Waals surface area contributed by atoms with E-state index in [-0.39, 0.29) is 12.3 Å². The fraction of sp³-hybridized carbons (Fsp3) is 0.250. The van der Waals surface area contributed by atoms with Gasteiger partial charge in [-0.05, 0) is 54.8 Å². The largest absolute Gasteiger partial charge is 0.371 e. The van der Waals surface area contributed by atoms with Crippen molar-refractivity contribution in [2.45, 2.75) is 19.3 Å². The predicted molar refractivity (Wildman–Crippen MR) is 104 cm³/mol. The molecule has 8 heteroatoms. The molecule has 4 amide bonds. The third-order valence-electron chi connectivity index (χ3n) is 4.57. The number of imide groups is 1. The fourth-order valence-corrected chi connectivity index (χ4v) is 3.28. The van der Waals surface area contributed by atoms with E-state index in [4.69, 9.17) is 5.73 Å². The summed E-state index contributed by atoms with van der Waals surface area (Å²) in [7, 11) is 0. The van der Waals surface area contributed by atoms with Crippen molar-refractivity contribution in [3.63, 3.8) is 0 Å². The molecule has 4 N–H and O–H groups in total. The van der Waals surface area contributed by atoms with Gasteiger partial charge in [-0.2, -0.15) is 0 Å². The van der Waals surface area contributed by atoms with Gasteiger partial charge in [-0.1, -0.05) is 6.07 Å². The normalized spacial score (nSPS) is 12.8. The van der Waals surface area contributed by atoms with Gasteiger partial charge in [0.2, 0.25) is 5.91 Å². The van der Waals surface area contributed by atoms with Crippen molar-refractivity contribution in [2.75, 3.05) is 23.3 Å². The van der Waals surface area contributed by atoms with Crippen LogP contribution in [-0.4, -0.2) is 30.9 Å². The van der Waals surface area contributed by atoms with E-state index < -0.39 is 17.8 Å². The zero-order valence-electron chi connectivity index (χ0n) is 15.2. The quantitative estimate of drug-likeness (QED) is 0.736. The second kappa shape index (κ2) is 8.51. The Morgan fingerprint density at radius 3 is 2.57 bits per heavy atom. The number of urea groups is 1. The summed E-state index contributed by atoms with van der Waals surface area (Å²) >= 11 is 0. The predicted octanol–water partition coefficient (Wildman–Crippen LogP) is 2.42. The van der Waals surface area contributed by atoms with Crippen LogP contribution < -0.4 is 21.3 Å². The van der Waals surface area contributed by atoms with Crippen LogP contribution in [0.15, 0.2) is 42.5 Å². The lowest BCUT2D eigenvalue weighted by atomic mass is 9.99. The highest BCUT2D eigenvalue weighted by atomic mass is 19.1. The Labute approximate surface area is 161 Å². The minimum atomic E-state index is -0.866. The van der Waals surface area contributed by atoms with E-state index in [0.29, 0.717) is 17.8 Å². The summed E-state index contributed by atoms with van der Waals surface area (Å²) in [5.41, 5.74) is 7.94. The van der Waals surface area contributed by atoms with Crippen molar-refractivity contribution in [1.29, 1.82) is 0 Å². The van der Waals surface area contributed by atoms with Gasteiger partial charge < -0.3 is 16.0 Å². The average molecular weight is 384 g/mol. The SMILES string of the molecule is NC(=O)NC(=O)CCN1CCCc2c(NC(=O)c3ccc(F)cc3)cccc21. The average Bonchev–Trinajstić information content (AvgIpc) is 2.66. The lowest BCUT2D eigenvalue weighted by molar-refractivity contribution is -0.119. The molecule has 3 rings (SSSR count). The number of fused-ring (bicyclic) bond motifs is 1. The Bertz CT molecular complexity index is 899. The van der Waals surface area contributed by atoms with Gasteiger partial charge in [-0.3, -0.25) is 14.9 Å². The number of nitrogens with zero attached hydrogens (tertiary/aromatic N) is 1. The minimum Gasteiger partial charge on any atom is -0.371 e. The maximum absolute atomic E-state index is 13.1. The zero-order chi connectivity index (χ0) is 20.1. The van der Waals surface area contributed by atoms with E-state index >= 15 is 0 Å². The molecule has 1 aliphatic rings. The highest BCUT2D eigenvalue weighted by molar-refractivity contribution is 6.05. The highest BCUT2D eigenvalue weighted by Crippen LogP contribution is 2.33. The van der Waals surface area contributed by atoms with Gasteiger partial charge in [0.1, 0.15) is 5.82 Å². The molecule has 0 bridgehead atoms. The summed E-state index contributed by atoms with van der Waals surface area (Å²) in [6.07, 6.45) is 1.79. The molecule has 0 atom stereocenters. The molecule has 146 valence electrons. The standard InChI is InChI=1S/C20H21FN4O3/c21-14-8-6-13(7-9-14)19(27)23-16-4-1-5-17-15(16)3-2-11-25(17)12-10-18(26)24-20(22)28/h1,4-9H,2-3,10-12H2,(H,23,27)(H3,22,24,26,28). The van der Waals surface area contributed by atoms with Gasteiger partial charge in [0.05, 0.1) is 0 Å². The van der Waals surface area contributed by atoms with Gasteiger partial charge in [0.25, 0.3) is 5.91 Å². The lowest BCUT2D eigenvalue weighted by Gasteiger charge is -2.32. The number of nitrogens with two attached hydrogens (primary N) is 1. The number of amides is 4. The Morgan fingerprint density at radius 1 is 1.11 bits per heavy atom. The summed E-state index contributed by atoms with van der Waals surface area (Å²) in [5.74, 6) is -1.14. The molecule has 0 saturated carbocycles. The van der Waals surface area contributed by atoms with E-state index in [2.05, 4.69) is 10.6 Å². The van der Waals surface area contributed by atoms with E-state index in [0.717, 1.165) is 30.6 Å². The molecule has 0 aliphatic carbocycles. The molecule has 0 spiro atoms. The lowest BCUT2D eigenvalue weighted by Crippen LogP contribution is -2.38. The van der Waals surface area contributed by atoms with E-state index in [1.165, 1.54) is 24.3 Å². The molecule has 2 aromatic carbocycles. The van der Waals surface area contributed by atoms with Crippen molar-refractivity contribution in [1.82, 2.24) is 5.32 Å². The van der Waals surface area contributed by atoms with Crippen LogP contribution in [0.3, 0.4) is 0 Å². The number of benzene rings is 2. The summed E-state index contributed by atoms with van der Waals surface area (Å²) < 4.78 is 13.1.